The second-order valence-corrected chi connectivity index (χ2v) is 6.65. The minimum Gasteiger partial charge on any atom is -0.452 e. The summed E-state index contributed by atoms with van der Waals surface area (Å²) in [5, 5.41) is 10.8. The number of nitrogens with zero attached hydrogens (tertiary/aromatic N) is 4. The molecule has 3 rings (SSSR count). The molecule has 0 aliphatic rings. The summed E-state index contributed by atoms with van der Waals surface area (Å²) in [4.78, 5) is 26.2. The molecule has 29 heavy (non-hydrogen) atoms. The van der Waals surface area contributed by atoms with Crippen LogP contribution in [0.3, 0.4) is 0 Å². The van der Waals surface area contributed by atoms with Crippen LogP contribution in [0.4, 0.5) is 5.69 Å². The number of para-hydroxylation sites is 1. The predicted molar refractivity (Wildman–Crippen MR) is 111 cm³/mol. The molecule has 1 amide bonds. The van der Waals surface area contributed by atoms with Gasteiger partial charge in [-0.2, -0.15) is 0 Å². The van der Waals surface area contributed by atoms with E-state index in [4.69, 9.17) is 4.74 Å². The number of carbonyl (C=O) groups excluding carboxylic acids is 2. The van der Waals surface area contributed by atoms with E-state index in [9.17, 15) is 9.59 Å². The maximum absolute atomic E-state index is 12.2. The van der Waals surface area contributed by atoms with Gasteiger partial charge in [-0.25, -0.2) is 9.48 Å². The summed E-state index contributed by atoms with van der Waals surface area (Å²) < 4.78 is 6.85. The van der Waals surface area contributed by atoms with Crippen molar-refractivity contribution < 1.29 is 14.3 Å². The normalized spacial score (nSPS) is 10.7. The summed E-state index contributed by atoms with van der Waals surface area (Å²) in [5.74, 6) is -0.879. The highest BCUT2D eigenvalue weighted by molar-refractivity contribution is 5.94. The first-order valence-corrected chi connectivity index (χ1v) is 9.61. The average molecular weight is 395 g/mol. The largest absolute Gasteiger partial charge is 0.452 e. The summed E-state index contributed by atoms with van der Waals surface area (Å²) in [5.41, 5.74) is 2.94. The lowest BCUT2D eigenvalue weighted by atomic mass is 10.2. The van der Waals surface area contributed by atoms with Crippen LogP contribution < -0.4 is 10.2 Å². The number of amides is 1. The molecule has 8 heteroatoms. The van der Waals surface area contributed by atoms with E-state index in [1.54, 1.807) is 22.9 Å². The van der Waals surface area contributed by atoms with Crippen LogP contribution in [0, 0.1) is 0 Å². The highest BCUT2D eigenvalue weighted by atomic mass is 16.5. The number of aromatic nitrogens is 3. The molecule has 0 atom stereocenters. The van der Waals surface area contributed by atoms with Gasteiger partial charge in [-0.3, -0.25) is 4.79 Å². The number of nitrogens with one attached hydrogen (secondary N) is 1. The second kappa shape index (κ2) is 9.68. The number of rotatable bonds is 9. The predicted octanol–water partition coefficient (Wildman–Crippen LogP) is 2.25. The highest BCUT2D eigenvalue weighted by Gasteiger charge is 2.13. The van der Waals surface area contributed by atoms with Gasteiger partial charge in [0.25, 0.3) is 5.91 Å². The SMILES string of the molecule is CCn1nnc2cc(C(=O)OCC(=O)NCCCN(C)c3ccccc3)ccc21. The molecule has 0 saturated heterocycles. The summed E-state index contributed by atoms with van der Waals surface area (Å²) >= 11 is 0. The molecule has 3 aromatic rings. The standard InChI is InChI=1S/C21H25N5O3/c1-3-26-19-11-10-16(14-18(19)23-24-26)21(28)29-15-20(27)22-12-7-13-25(2)17-8-5-4-6-9-17/h4-6,8-11,14H,3,7,12-13,15H2,1-2H3,(H,22,27). The molecule has 1 N–H and O–H groups in total. The van der Waals surface area contributed by atoms with E-state index in [0.29, 0.717) is 24.2 Å². The zero-order chi connectivity index (χ0) is 20.6. The minimum atomic E-state index is -0.558. The minimum absolute atomic E-state index is 0.312. The molecule has 0 spiro atoms. The lowest BCUT2D eigenvalue weighted by Crippen LogP contribution is -2.31. The third-order valence-electron chi connectivity index (χ3n) is 4.57. The molecule has 2 aromatic carbocycles. The molecular formula is C21H25N5O3. The van der Waals surface area contributed by atoms with Crippen molar-refractivity contribution in [3.63, 3.8) is 0 Å². The third-order valence-corrected chi connectivity index (χ3v) is 4.57. The zero-order valence-electron chi connectivity index (χ0n) is 16.7. The van der Waals surface area contributed by atoms with Crippen molar-refractivity contribution >= 4 is 28.6 Å². The fourth-order valence-electron chi connectivity index (χ4n) is 2.95. The van der Waals surface area contributed by atoms with Gasteiger partial charge >= 0.3 is 5.97 Å². The molecule has 0 bridgehead atoms. The van der Waals surface area contributed by atoms with E-state index in [2.05, 4.69) is 20.5 Å². The van der Waals surface area contributed by atoms with Crippen LogP contribution in [0.15, 0.2) is 48.5 Å². The molecule has 1 heterocycles. The Balaban J connectivity index is 1.39. The molecule has 1 aromatic heterocycles. The van der Waals surface area contributed by atoms with Crippen LogP contribution in [-0.2, 0) is 16.1 Å². The summed E-state index contributed by atoms with van der Waals surface area (Å²) in [6.45, 7) is 3.67. The smallest absolute Gasteiger partial charge is 0.338 e. The second-order valence-electron chi connectivity index (χ2n) is 6.65. The highest BCUT2D eigenvalue weighted by Crippen LogP contribution is 2.14. The Labute approximate surface area is 169 Å². The van der Waals surface area contributed by atoms with Crippen molar-refractivity contribution in [1.82, 2.24) is 20.3 Å². The van der Waals surface area contributed by atoms with Crippen molar-refractivity contribution in [3.05, 3.63) is 54.1 Å². The molecule has 0 aliphatic heterocycles. The van der Waals surface area contributed by atoms with Crippen molar-refractivity contribution in [2.24, 2.45) is 0 Å². The molecule has 0 unspecified atom stereocenters. The lowest BCUT2D eigenvalue weighted by molar-refractivity contribution is -0.124. The molecule has 0 radical (unpaired) electrons. The Morgan fingerprint density at radius 3 is 2.72 bits per heavy atom. The van der Waals surface area contributed by atoms with Gasteiger partial charge in [0, 0.05) is 32.4 Å². The van der Waals surface area contributed by atoms with Crippen LogP contribution in [0.5, 0.6) is 0 Å². The Kier molecular flexibility index (Phi) is 6.78. The maximum Gasteiger partial charge on any atom is 0.338 e. The molecule has 8 nitrogen and oxygen atoms in total. The number of esters is 1. The van der Waals surface area contributed by atoms with Crippen LogP contribution >= 0.6 is 0 Å². The summed E-state index contributed by atoms with van der Waals surface area (Å²) in [7, 11) is 2.01. The Morgan fingerprint density at radius 1 is 1.17 bits per heavy atom. The van der Waals surface area contributed by atoms with E-state index in [1.165, 1.54) is 0 Å². The van der Waals surface area contributed by atoms with Crippen molar-refractivity contribution in [2.45, 2.75) is 19.9 Å². The molecule has 0 aliphatic carbocycles. The molecule has 0 fully saturated rings. The Bertz CT molecular complexity index is 971. The number of aryl methyl sites for hydroxylation is 1. The molecular weight excluding hydrogens is 370 g/mol. The number of ether oxygens (including phenoxy) is 1. The van der Waals surface area contributed by atoms with E-state index >= 15 is 0 Å². The average Bonchev–Trinajstić information content (AvgIpc) is 3.17. The summed E-state index contributed by atoms with van der Waals surface area (Å²) in [6.07, 6.45) is 0.787. The third kappa shape index (κ3) is 5.31. The van der Waals surface area contributed by atoms with Crippen molar-refractivity contribution in [1.29, 1.82) is 0 Å². The van der Waals surface area contributed by atoms with Crippen LogP contribution in [-0.4, -0.2) is 53.6 Å². The first-order chi connectivity index (χ1) is 14.1. The zero-order valence-corrected chi connectivity index (χ0v) is 16.7. The monoisotopic (exact) mass is 395 g/mol. The van der Waals surface area contributed by atoms with Crippen molar-refractivity contribution in [3.8, 4) is 0 Å². The first-order valence-electron chi connectivity index (χ1n) is 9.61. The van der Waals surface area contributed by atoms with E-state index < -0.39 is 5.97 Å². The first kappa shape index (κ1) is 20.3. The molecule has 152 valence electrons. The van der Waals surface area contributed by atoms with Gasteiger partial charge in [0.1, 0.15) is 5.52 Å². The number of hydrogen-bond donors (Lipinski definition) is 1. The Morgan fingerprint density at radius 2 is 1.97 bits per heavy atom. The molecule has 0 saturated carbocycles. The topological polar surface area (TPSA) is 89.4 Å². The number of benzene rings is 2. The quantitative estimate of drug-likeness (QED) is 0.442. The van der Waals surface area contributed by atoms with Gasteiger partial charge in [0.2, 0.25) is 0 Å². The maximum atomic E-state index is 12.2. The number of carbonyl (C=O) groups is 2. The van der Waals surface area contributed by atoms with Crippen LogP contribution in [0.25, 0.3) is 11.0 Å². The number of anilines is 1. The van der Waals surface area contributed by atoms with Crippen LogP contribution in [0.2, 0.25) is 0 Å². The number of hydrogen-bond acceptors (Lipinski definition) is 6. The number of fused-ring (bicyclic) bond motifs is 1. The fourth-order valence-corrected chi connectivity index (χ4v) is 2.95. The van der Waals surface area contributed by atoms with E-state index in [1.807, 2.05) is 44.3 Å². The van der Waals surface area contributed by atoms with E-state index in [-0.39, 0.29) is 12.5 Å². The van der Waals surface area contributed by atoms with Gasteiger partial charge in [-0.05, 0) is 43.7 Å². The summed E-state index contributed by atoms with van der Waals surface area (Å²) in [6, 6.07) is 15.1. The van der Waals surface area contributed by atoms with Gasteiger partial charge < -0.3 is 15.0 Å². The van der Waals surface area contributed by atoms with Gasteiger partial charge in [0.05, 0.1) is 11.1 Å². The van der Waals surface area contributed by atoms with Crippen molar-refractivity contribution in [2.75, 3.05) is 31.6 Å². The Hall–Kier alpha value is -3.42. The fraction of sp³-hybridized carbons (Fsp3) is 0.333. The van der Waals surface area contributed by atoms with Gasteiger partial charge in [-0.15, -0.1) is 5.10 Å². The van der Waals surface area contributed by atoms with Gasteiger partial charge in [-0.1, -0.05) is 23.4 Å². The van der Waals surface area contributed by atoms with Gasteiger partial charge in [0.15, 0.2) is 6.61 Å². The lowest BCUT2D eigenvalue weighted by Gasteiger charge is -2.19. The van der Waals surface area contributed by atoms with Crippen LogP contribution in [0.1, 0.15) is 23.7 Å². The van der Waals surface area contributed by atoms with E-state index in [0.717, 1.165) is 24.2 Å².